The number of halogens is 1. The summed E-state index contributed by atoms with van der Waals surface area (Å²) in [5.74, 6) is -0.355. The molecule has 162 valence electrons. The van der Waals surface area contributed by atoms with E-state index in [-0.39, 0.29) is 11.4 Å². The van der Waals surface area contributed by atoms with Crippen LogP contribution >= 0.6 is 0 Å². The third-order valence-electron chi connectivity index (χ3n) is 5.50. The number of aliphatic hydroxyl groups is 1. The van der Waals surface area contributed by atoms with E-state index < -0.39 is 5.40 Å². The minimum Gasteiger partial charge on any atom is -0.405 e. The molecule has 0 atom stereocenters. The SMILES string of the molecule is [B]C([B])(O)c1ccc(-c2ccc(CN(C)Cc3ncccc3C=O)c(F)c2)c2cn(C)nc12. The molecule has 2 aromatic heterocycles. The maximum absolute atomic E-state index is 15.1. The van der Waals surface area contributed by atoms with Gasteiger partial charge in [-0.1, -0.05) is 24.3 Å². The molecular weight excluding hydrogens is 417 g/mol. The van der Waals surface area contributed by atoms with Gasteiger partial charge in [0.05, 0.1) is 11.2 Å². The first kappa shape index (κ1) is 22.9. The van der Waals surface area contributed by atoms with Crippen molar-refractivity contribution in [3.05, 3.63) is 83.1 Å². The van der Waals surface area contributed by atoms with Gasteiger partial charge < -0.3 is 5.11 Å². The summed E-state index contributed by atoms with van der Waals surface area (Å²) in [4.78, 5) is 17.4. The number of benzene rings is 2. The van der Waals surface area contributed by atoms with Crippen LogP contribution in [-0.2, 0) is 25.5 Å². The lowest BCUT2D eigenvalue weighted by Gasteiger charge is -2.20. The lowest BCUT2D eigenvalue weighted by Crippen LogP contribution is -2.26. The van der Waals surface area contributed by atoms with Gasteiger partial charge in [0.15, 0.2) is 6.29 Å². The number of rotatable bonds is 7. The molecule has 33 heavy (non-hydrogen) atoms. The van der Waals surface area contributed by atoms with Crippen LogP contribution in [0.1, 0.15) is 27.2 Å². The fourth-order valence-corrected chi connectivity index (χ4v) is 3.93. The predicted octanol–water partition coefficient (Wildman–Crippen LogP) is 2.66. The maximum atomic E-state index is 15.1. The molecule has 4 radical (unpaired) electrons. The van der Waals surface area contributed by atoms with E-state index in [2.05, 4.69) is 10.1 Å². The number of nitrogens with zero attached hydrogens (tertiary/aromatic N) is 4. The van der Waals surface area contributed by atoms with Crippen LogP contribution in [0.3, 0.4) is 0 Å². The number of pyridine rings is 1. The summed E-state index contributed by atoms with van der Waals surface area (Å²) in [7, 11) is 14.9. The molecule has 4 aromatic rings. The van der Waals surface area contributed by atoms with Crippen molar-refractivity contribution < 1.29 is 14.3 Å². The molecule has 4 rings (SSSR count). The second kappa shape index (κ2) is 8.92. The second-order valence-corrected chi connectivity index (χ2v) is 8.19. The molecule has 0 saturated heterocycles. The van der Waals surface area contributed by atoms with Gasteiger partial charge in [0, 0.05) is 54.4 Å². The van der Waals surface area contributed by atoms with Crippen molar-refractivity contribution in [3.8, 4) is 11.1 Å². The van der Waals surface area contributed by atoms with Crippen LogP contribution < -0.4 is 0 Å². The van der Waals surface area contributed by atoms with E-state index in [0.29, 0.717) is 46.4 Å². The van der Waals surface area contributed by atoms with Gasteiger partial charge in [-0.05, 0) is 41.9 Å². The Labute approximate surface area is 193 Å². The quantitative estimate of drug-likeness (QED) is 0.355. The molecule has 9 heteroatoms. The highest BCUT2D eigenvalue weighted by Crippen LogP contribution is 2.33. The minimum atomic E-state index is -2.04. The van der Waals surface area contributed by atoms with Crippen LogP contribution in [0.25, 0.3) is 22.0 Å². The van der Waals surface area contributed by atoms with Crippen LogP contribution in [0, 0.1) is 5.82 Å². The first-order chi connectivity index (χ1) is 15.7. The molecule has 0 spiro atoms. The number of aryl methyl sites for hydroxylation is 1. The van der Waals surface area contributed by atoms with Crippen molar-refractivity contribution in [2.75, 3.05) is 7.05 Å². The zero-order chi connectivity index (χ0) is 23.8. The smallest absolute Gasteiger partial charge is 0.151 e. The Morgan fingerprint density at radius 3 is 2.70 bits per heavy atom. The molecule has 2 heterocycles. The zero-order valence-corrected chi connectivity index (χ0v) is 18.4. The Morgan fingerprint density at radius 1 is 1.21 bits per heavy atom. The lowest BCUT2D eigenvalue weighted by atomic mass is 9.61. The molecule has 0 saturated carbocycles. The summed E-state index contributed by atoms with van der Waals surface area (Å²) in [6, 6.07) is 11.8. The summed E-state index contributed by atoms with van der Waals surface area (Å²) >= 11 is 0. The third-order valence-corrected chi connectivity index (χ3v) is 5.50. The van der Waals surface area contributed by atoms with E-state index in [4.69, 9.17) is 15.7 Å². The molecule has 0 aliphatic heterocycles. The monoisotopic (exact) mass is 438 g/mol. The highest BCUT2D eigenvalue weighted by Gasteiger charge is 2.22. The van der Waals surface area contributed by atoms with Gasteiger partial charge in [0.2, 0.25) is 0 Å². The Morgan fingerprint density at radius 2 is 2.00 bits per heavy atom. The van der Waals surface area contributed by atoms with E-state index >= 15 is 4.39 Å². The van der Waals surface area contributed by atoms with Crippen molar-refractivity contribution in [2.24, 2.45) is 7.05 Å². The summed E-state index contributed by atoms with van der Waals surface area (Å²) in [5, 5.41) is 13.1. The fourth-order valence-electron chi connectivity index (χ4n) is 3.93. The molecular formula is C24H21B2FN4O2. The van der Waals surface area contributed by atoms with Crippen LogP contribution in [0.5, 0.6) is 0 Å². The first-order valence-electron chi connectivity index (χ1n) is 10.3. The average molecular weight is 438 g/mol. The lowest BCUT2D eigenvalue weighted by molar-refractivity contribution is 0.112. The topological polar surface area (TPSA) is 71.2 Å². The fraction of sp³-hybridized carbons (Fsp3) is 0.208. The average Bonchev–Trinajstić information content (AvgIpc) is 3.15. The van der Waals surface area contributed by atoms with Crippen molar-refractivity contribution in [1.29, 1.82) is 0 Å². The third kappa shape index (κ3) is 4.74. The van der Waals surface area contributed by atoms with E-state index in [1.165, 1.54) is 6.07 Å². The van der Waals surface area contributed by atoms with Gasteiger partial charge in [0.1, 0.15) is 21.5 Å². The molecule has 0 amide bonds. The van der Waals surface area contributed by atoms with E-state index in [1.54, 1.807) is 54.5 Å². The number of carbonyl (C=O) groups is 1. The summed E-state index contributed by atoms with van der Waals surface area (Å²) in [6.45, 7) is 0.755. The number of hydrogen-bond donors (Lipinski definition) is 1. The Kier molecular flexibility index (Phi) is 6.19. The molecule has 2 aromatic carbocycles. The highest BCUT2D eigenvalue weighted by molar-refractivity contribution is 6.39. The maximum Gasteiger partial charge on any atom is 0.151 e. The van der Waals surface area contributed by atoms with Gasteiger partial charge in [0.25, 0.3) is 0 Å². The predicted molar refractivity (Wildman–Crippen MR) is 126 cm³/mol. The van der Waals surface area contributed by atoms with Gasteiger partial charge in [-0.15, -0.1) is 0 Å². The number of hydrogen-bond acceptors (Lipinski definition) is 5. The normalized spacial score (nSPS) is 11.9. The Balaban J connectivity index is 1.62. The van der Waals surface area contributed by atoms with Crippen LogP contribution in [0.2, 0.25) is 0 Å². The largest absolute Gasteiger partial charge is 0.405 e. The van der Waals surface area contributed by atoms with Crippen molar-refractivity contribution in [2.45, 2.75) is 18.5 Å². The number of aldehydes is 1. The first-order valence-corrected chi connectivity index (χ1v) is 10.3. The summed E-state index contributed by atoms with van der Waals surface area (Å²) < 4.78 is 16.6. The van der Waals surface area contributed by atoms with Crippen molar-refractivity contribution in [3.63, 3.8) is 0 Å². The summed E-state index contributed by atoms with van der Waals surface area (Å²) in [5.41, 5.74) is 3.82. The van der Waals surface area contributed by atoms with Gasteiger partial charge in [-0.25, -0.2) is 4.39 Å². The summed E-state index contributed by atoms with van der Waals surface area (Å²) in [6.07, 6.45) is 4.18. The van der Waals surface area contributed by atoms with Gasteiger partial charge in [-0.3, -0.25) is 19.4 Å². The van der Waals surface area contributed by atoms with Crippen molar-refractivity contribution >= 4 is 32.9 Å². The second-order valence-electron chi connectivity index (χ2n) is 8.19. The molecule has 6 nitrogen and oxygen atoms in total. The Bertz CT molecular complexity index is 1330. The molecule has 0 aliphatic carbocycles. The molecule has 1 N–H and O–H groups in total. The zero-order valence-electron chi connectivity index (χ0n) is 18.4. The number of aromatic nitrogens is 3. The standard InChI is InChI=1S/C24H21B2FN4O2/c1-30(13-22-17(14-32)4-3-9-28-22)11-16-6-5-15(10-21(16)27)18-7-8-20(24(25,26)33)23-19(18)12-31(2)29-23/h3-10,12,14,33H,11,13H2,1-2H3. The van der Waals surface area contributed by atoms with E-state index in [9.17, 15) is 9.90 Å². The van der Waals surface area contributed by atoms with Gasteiger partial charge in [-0.2, -0.15) is 5.10 Å². The van der Waals surface area contributed by atoms with Crippen LogP contribution in [-0.4, -0.2) is 53.8 Å². The molecule has 0 bridgehead atoms. The van der Waals surface area contributed by atoms with Crippen LogP contribution in [0.15, 0.2) is 54.9 Å². The van der Waals surface area contributed by atoms with Crippen molar-refractivity contribution in [1.82, 2.24) is 19.7 Å². The van der Waals surface area contributed by atoms with E-state index in [1.807, 2.05) is 18.0 Å². The number of carbonyl (C=O) groups excluding carboxylic acids is 1. The number of fused-ring (bicyclic) bond motifs is 1. The molecule has 0 aliphatic rings. The van der Waals surface area contributed by atoms with Crippen LogP contribution in [0.4, 0.5) is 4.39 Å². The molecule has 0 fully saturated rings. The van der Waals surface area contributed by atoms with Gasteiger partial charge >= 0.3 is 0 Å². The highest BCUT2D eigenvalue weighted by atomic mass is 19.1. The molecule has 0 unspecified atom stereocenters. The van der Waals surface area contributed by atoms with E-state index in [0.717, 1.165) is 11.8 Å². The minimum absolute atomic E-state index is 0.282. The Hall–Kier alpha value is -3.29.